The topological polar surface area (TPSA) is 91.5 Å². The number of morpholine rings is 1. The molecule has 0 saturated carbocycles. The van der Waals surface area contributed by atoms with Crippen LogP contribution in [0, 0.1) is 0 Å². The summed E-state index contributed by atoms with van der Waals surface area (Å²) in [6.45, 7) is 3.11. The number of benzene rings is 2. The van der Waals surface area contributed by atoms with Gasteiger partial charge in [-0.1, -0.05) is 11.6 Å². The predicted molar refractivity (Wildman–Crippen MR) is 114 cm³/mol. The molecule has 1 aliphatic heterocycles. The lowest BCUT2D eigenvalue weighted by atomic mass is 10.1. The highest BCUT2D eigenvalue weighted by atomic mass is 35.5. The number of urea groups is 1. The molecule has 9 heteroatoms. The van der Waals surface area contributed by atoms with Crippen LogP contribution >= 0.6 is 24.0 Å². The van der Waals surface area contributed by atoms with Gasteiger partial charge in [-0.2, -0.15) is 0 Å². The van der Waals surface area contributed by atoms with Gasteiger partial charge in [0.15, 0.2) is 0 Å². The molecule has 3 amide bonds. The molecule has 0 aliphatic carbocycles. The van der Waals surface area contributed by atoms with Crippen LogP contribution in [-0.4, -0.2) is 37.2 Å². The molecule has 3 rings (SSSR count). The van der Waals surface area contributed by atoms with Crippen LogP contribution in [0.5, 0.6) is 0 Å². The van der Waals surface area contributed by atoms with E-state index in [0.717, 1.165) is 0 Å². The molecule has 2 aromatic carbocycles. The van der Waals surface area contributed by atoms with Crippen molar-refractivity contribution in [1.29, 1.82) is 0 Å². The average molecular weight is 425 g/mol. The number of rotatable bonds is 4. The highest BCUT2D eigenvalue weighted by molar-refractivity contribution is 6.30. The quantitative estimate of drug-likeness (QED) is 0.601. The van der Waals surface area contributed by atoms with Crippen molar-refractivity contribution in [1.82, 2.24) is 5.32 Å². The fourth-order valence-electron chi connectivity index (χ4n) is 2.71. The molecule has 1 heterocycles. The van der Waals surface area contributed by atoms with E-state index in [9.17, 15) is 9.59 Å². The molecule has 150 valence electrons. The minimum atomic E-state index is -0.387. The average Bonchev–Trinajstić information content (AvgIpc) is 2.65. The third-order valence-electron chi connectivity index (χ3n) is 4.11. The second-order valence-corrected chi connectivity index (χ2v) is 6.60. The Kier molecular flexibility index (Phi) is 8.07. The molecule has 0 radical (unpaired) electrons. The van der Waals surface area contributed by atoms with Gasteiger partial charge in [0.1, 0.15) is 6.04 Å². The lowest BCUT2D eigenvalue weighted by Gasteiger charge is -2.29. The molecule has 0 bridgehead atoms. The molecule has 2 atom stereocenters. The summed E-state index contributed by atoms with van der Waals surface area (Å²) in [6.07, 6.45) is -0.184. The standard InChI is InChI=1S/C19H21ClN4O3.ClH/c1-12-17(21-10-11-27-12)18(25)22-14-6-8-16(9-7-14)24-19(26)23-15-4-2-13(20)3-5-15;/h2-9,12,17,21H,10-11H2,1H3,(H,22,25)(H2,23,24,26);1H/t12-,17+;/m1./s1. The maximum absolute atomic E-state index is 12.3. The van der Waals surface area contributed by atoms with Crippen LogP contribution in [0.1, 0.15) is 6.92 Å². The lowest BCUT2D eigenvalue weighted by molar-refractivity contribution is -0.123. The zero-order valence-corrected chi connectivity index (χ0v) is 16.8. The van der Waals surface area contributed by atoms with Crippen LogP contribution in [0.4, 0.5) is 21.9 Å². The van der Waals surface area contributed by atoms with E-state index in [0.29, 0.717) is 35.2 Å². The largest absolute Gasteiger partial charge is 0.375 e. The number of carbonyl (C=O) groups is 2. The summed E-state index contributed by atoms with van der Waals surface area (Å²) < 4.78 is 5.48. The number of anilines is 3. The fraction of sp³-hybridized carbons (Fsp3) is 0.263. The smallest absolute Gasteiger partial charge is 0.323 e. The van der Waals surface area contributed by atoms with E-state index in [1.54, 1.807) is 48.5 Å². The molecule has 2 aromatic rings. The maximum Gasteiger partial charge on any atom is 0.323 e. The van der Waals surface area contributed by atoms with Crippen molar-refractivity contribution in [3.63, 3.8) is 0 Å². The Morgan fingerprint density at radius 3 is 2.00 bits per heavy atom. The van der Waals surface area contributed by atoms with E-state index in [1.807, 2.05) is 6.92 Å². The van der Waals surface area contributed by atoms with Gasteiger partial charge >= 0.3 is 6.03 Å². The summed E-state index contributed by atoms with van der Waals surface area (Å²) in [5.74, 6) is -0.150. The van der Waals surface area contributed by atoms with Gasteiger partial charge in [-0.3, -0.25) is 4.79 Å². The first kappa shape index (κ1) is 22.0. The molecule has 7 nitrogen and oxygen atoms in total. The van der Waals surface area contributed by atoms with Gasteiger partial charge in [0.05, 0.1) is 12.7 Å². The monoisotopic (exact) mass is 424 g/mol. The summed E-state index contributed by atoms with van der Waals surface area (Å²) in [7, 11) is 0. The summed E-state index contributed by atoms with van der Waals surface area (Å²) in [6, 6.07) is 12.9. The minimum absolute atomic E-state index is 0. The first-order valence-corrected chi connectivity index (χ1v) is 8.98. The van der Waals surface area contributed by atoms with Crippen LogP contribution < -0.4 is 21.3 Å². The third kappa shape index (κ3) is 6.10. The summed E-state index contributed by atoms with van der Waals surface area (Å²) in [4.78, 5) is 24.4. The number of ether oxygens (including phenoxy) is 1. The second kappa shape index (κ2) is 10.3. The first-order chi connectivity index (χ1) is 13.0. The second-order valence-electron chi connectivity index (χ2n) is 6.16. The Labute approximate surface area is 174 Å². The van der Waals surface area contributed by atoms with Gasteiger partial charge in [-0.25, -0.2) is 4.79 Å². The molecule has 0 aromatic heterocycles. The fourth-order valence-corrected chi connectivity index (χ4v) is 2.84. The van der Waals surface area contributed by atoms with Crippen molar-refractivity contribution < 1.29 is 14.3 Å². The Balaban J connectivity index is 0.00000280. The summed E-state index contributed by atoms with van der Waals surface area (Å²) >= 11 is 5.82. The van der Waals surface area contributed by atoms with Crippen molar-refractivity contribution in [3.8, 4) is 0 Å². The van der Waals surface area contributed by atoms with E-state index in [4.69, 9.17) is 16.3 Å². The molecule has 0 spiro atoms. The molecule has 1 aliphatic rings. The molecule has 28 heavy (non-hydrogen) atoms. The van der Waals surface area contributed by atoms with E-state index in [2.05, 4.69) is 21.3 Å². The van der Waals surface area contributed by atoms with Gasteiger partial charge in [0.25, 0.3) is 0 Å². The predicted octanol–water partition coefficient (Wildman–Crippen LogP) is 3.72. The molecule has 1 fully saturated rings. The van der Waals surface area contributed by atoms with Crippen LogP contribution in [0.15, 0.2) is 48.5 Å². The molecular weight excluding hydrogens is 403 g/mol. The number of amides is 3. The van der Waals surface area contributed by atoms with Crippen LogP contribution in [0.3, 0.4) is 0 Å². The van der Waals surface area contributed by atoms with Crippen molar-refractivity contribution in [3.05, 3.63) is 53.6 Å². The molecule has 4 N–H and O–H groups in total. The Bertz CT molecular complexity index is 800. The Morgan fingerprint density at radius 1 is 0.964 bits per heavy atom. The number of hydrogen-bond donors (Lipinski definition) is 4. The van der Waals surface area contributed by atoms with Crippen molar-refractivity contribution in [2.75, 3.05) is 29.1 Å². The highest BCUT2D eigenvalue weighted by Crippen LogP contribution is 2.17. The number of carbonyl (C=O) groups excluding carboxylic acids is 2. The van der Waals surface area contributed by atoms with Crippen LogP contribution in [0.2, 0.25) is 5.02 Å². The zero-order chi connectivity index (χ0) is 19.2. The van der Waals surface area contributed by atoms with Gasteiger partial charge in [0, 0.05) is 28.6 Å². The van der Waals surface area contributed by atoms with Crippen molar-refractivity contribution >= 4 is 53.0 Å². The lowest BCUT2D eigenvalue weighted by Crippen LogP contribution is -2.53. The van der Waals surface area contributed by atoms with Gasteiger partial charge in [-0.05, 0) is 55.5 Å². The highest BCUT2D eigenvalue weighted by Gasteiger charge is 2.28. The minimum Gasteiger partial charge on any atom is -0.375 e. The van der Waals surface area contributed by atoms with Gasteiger partial charge in [0.2, 0.25) is 5.91 Å². The van der Waals surface area contributed by atoms with Crippen LogP contribution in [0.25, 0.3) is 0 Å². The van der Waals surface area contributed by atoms with Gasteiger partial charge < -0.3 is 26.0 Å². The maximum atomic E-state index is 12.3. The van der Waals surface area contributed by atoms with E-state index < -0.39 is 0 Å². The number of nitrogens with one attached hydrogen (secondary N) is 4. The van der Waals surface area contributed by atoms with Crippen molar-refractivity contribution in [2.24, 2.45) is 0 Å². The number of hydrogen-bond acceptors (Lipinski definition) is 4. The third-order valence-corrected chi connectivity index (χ3v) is 4.36. The molecular formula is C19H22Cl2N4O3. The molecule has 0 unspecified atom stereocenters. The van der Waals surface area contributed by atoms with E-state index in [1.165, 1.54) is 0 Å². The molecule has 1 saturated heterocycles. The van der Waals surface area contributed by atoms with Gasteiger partial charge in [-0.15, -0.1) is 12.4 Å². The van der Waals surface area contributed by atoms with E-state index in [-0.39, 0.29) is 36.5 Å². The first-order valence-electron chi connectivity index (χ1n) is 8.61. The van der Waals surface area contributed by atoms with E-state index >= 15 is 0 Å². The zero-order valence-electron chi connectivity index (χ0n) is 15.2. The summed E-state index contributed by atoms with van der Waals surface area (Å²) in [5, 5.41) is 12.0. The Hall–Kier alpha value is -2.32. The summed E-state index contributed by atoms with van der Waals surface area (Å²) in [5.41, 5.74) is 1.88. The SMILES string of the molecule is C[C@H]1OCCN[C@@H]1C(=O)Nc1ccc(NC(=O)Nc2ccc(Cl)cc2)cc1.Cl. The normalized spacial score (nSPS) is 18.5. The Morgan fingerprint density at radius 2 is 1.46 bits per heavy atom. The van der Waals surface area contributed by atoms with Crippen molar-refractivity contribution in [2.45, 2.75) is 19.1 Å². The van der Waals surface area contributed by atoms with Crippen LogP contribution in [-0.2, 0) is 9.53 Å². The number of halogens is 2.